The molecule has 0 aromatic heterocycles. The topological polar surface area (TPSA) is 117 Å². The Bertz CT molecular complexity index is 1060. The number of sulfonamides is 1. The van der Waals surface area contributed by atoms with Crippen LogP contribution in [0.4, 0.5) is 5.69 Å². The molecule has 1 aliphatic heterocycles. The van der Waals surface area contributed by atoms with Crippen LogP contribution >= 0.6 is 0 Å². The van der Waals surface area contributed by atoms with Crippen molar-refractivity contribution in [2.45, 2.75) is 24.7 Å². The molecule has 0 saturated heterocycles. The van der Waals surface area contributed by atoms with Gasteiger partial charge < -0.3 is 10.6 Å². The first kappa shape index (κ1) is 20.5. The number of hydrogen-bond acceptors (Lipinski definition) is 5. The number of carbonyl (C=O) groups excluding carboxylic acids is 2. The molecule has 152 valence electrons. The van der Waals surface area contributed by atoms with Crippen LogP contribution < -0.4 is 15.4 Å². The number of carbonyl (C=O) groups is 2. The molecule has 2 aromatic carbocycles. The van der Waals surface area contributed by atoms with Crippen molar-refractivity contribution in [3.8, 4) is 0 Å². The Morgan fingerprint density at radius 2 is 1.76 bits per heavy atom. The predicted molar refractivity (Wildman–Crippen MR) is 110 cm³/mol. The second-order valence-electron chi connectivity index (χ2n) is 6.42. The monoisotopic (exact) mass is 414 g/mol. The Balaban J connectivity index is 1.48. The van der Waals surface area contributed by atoms with E-state index in [1.807, 2.05) is 31.2 Å². The zero-order chi connectivity index (χ0) is 20.9. The number of rotatable bonds is 7. The first-order valence-corrected chi connectivity index (χ1v) is 10.7. The number of benzene rings is 2. The Labute approximate surface area is 169 Å². The van der Waals surface area contributed by atoms with Crippen molar-refractivity contribution in [3.63, 3.8) is 0 Å². The minimum Gasteiger partial charge on any atom is -0.347 e. The van der Waals surface area contributed by atoms with Gasteiger partial charge in [0.25, 0.3) is 10.0 Å². The van der Waals surface area contributed by atoms with E-state index in [1.54, 1.807) is 18.2 Å². The molecule has 0 saturated carbocycles. The lowest BCUT2D eigenvalue weighted by Crippen LogP contribution is -2.33. The highest BCUT2D eigenvalue weighted by Gasteiger charge is 2.29. The van der Waals surface area contributed by atoms with Crippen molar-refractivity contribution in [3.05, 3.63) is 59.7 Å². The molecule has 2 amide bonds. The number of anilines is 1. The second-order valence-corrected chi connectivity index (χ2v) is 8.07. The summed E-state index contributed by atoms with van der Waals surface area (Å²) in [6, 6.07) is 14.0. The minimum absolute atomic E-state index is 0.0339. The maximum Gasteiger partial charge on any atom is 0.263 e. The fourth-order valence-corrected chi connectivity index (χ4v) is 4.18. The van der Waals surface area contributed by atoms with Gasteiger partial charge in [-0.15, -0.1) is 0 Å². The van der Waals surface area contributed by atoms with Crippen molar-refractivity contribution in [2.24, 2.45) is 4.99 Å². The Hall–Kier alpha value is -3.20. The average Bonchev–Trinajstić information content (AvgIpc) is 2.97. The molecule has 0 fully saturated rings. The first-order chi connectivity index (χ1) is 13.9. The van der Waals surface area contributed by atoms with Gasteiger partial charge in [0.15, 0.2) is 0 Å². The van der Waals surface area contributed by atoms with Crippen LogP contribution in [0.25, 0.3) is 0 Å². The number of aryl methyl sites for hydroxylation is 1. The van der Waals surface area contributed by atoms with Crippen molar-refractivity contribution in [1.29, 1.82) is 0 Å². The van der Waals surface area contributed by atoms with Crippen LogP contribution in [0.3, 0.4) is 0 Å². The van der Waals surface area contributed by atoms with Crippen molar-refractivity contribution < 1.29 is 18.0 Å². The van der Waals surface area contributed by atoms with E-state index < -0.39 is 10.0 Å². The number of amidine groups is 1. The molecule has 9 heteroatoms. The molecule has 0 aliphatic carbocycles. The van der Waals surface area contributed by atoms with Gasteiger partial charge in [-0.3, -0.25) is 19.3 Å². The molecule has 29 heavy (non-hydrogen) atoms. The number of hydrogen-bond donors (Lipinski definition) is 3. The van der Waals surface area contributed by atoms with Crippen LogP contribution in [-0.4, -0.2) is 39.2 Å². The molecule has 0 atom stereocenters. The summed E-state index contributed by atoms with van der Waals surface area (Å²) >= 11 is 0. The van der Waals surface area contributed by atoms with Gasteiger partial charge in [0.05, 0.1) is 18.0 Å². The van der Waals surface area contributed by atoms with E-state index in [2.05, 4.69) is 20.3 Å². The SMILES string of the molecule is CCc1ccccc1NC(=O)CNC(=O)CCN=C1NS(=O)(=O)c2ccccc21. The first-order valence-electron chi connectivity index (χ1n) is 9.22. The lowest BCUT2D eigenvalue weighted by atomic mass is 10.1. The smallest absolute Gasteiger partial charge is 0.263 e. The molecule has 8 nitrogen and oxygen atoms in total. The number of fused-ring (bicyclic) bond motifs is 1. The molecule has 3 rings (SSSR count). The summed E-state index contributed by atoms with van der Waals surface area (Å²) in [5, 5.41) is 5.32. The Kier molecular flexibility index (Phi) is 6.28. The van der Waals surface area contributed by atoms with Gasteiger partial charge in [0.2, 0.25) is 11.8 Å². The van der Waals surface area contributed by atoms with E-state index >= 15 is 0 Å². The van der Waals surface area contributed by atoms with Gasteiger partial charge in [-0.25, -0.2) is 8.42 Å². The summed E-state index contributed by atoms with van der Waals surface area (Å²) in [6.45, 7) is 1.94. The number of nitrogens with one attached hydrogen (secondary N) is 3. The van der Waals surface area contributed by atoms with E-state index in [4.69, 9.17) is 0 Å². The zero-order valence-electron chi connectivity index (χ0n) is 15.9. The van der Waals surface area contributed by atoms with E-state index in [0.717, 1.165) is 17.7 Å². The summed E-state index contributed by atoms with van der Waals surface area (Å²) in [4.78, 5) is 28.4. The Morgan fingerprint density at radius 3 is 2.55 bits per heavy atom. The van der Waals surface area contributed by atoms with Gasteiger partial charge in [-0.2, -0.15) is 0 Å². The van der Waals surface area contributed by atoms with E-state index in [1.165, 1.54) is 6.07 Å². The normalized spacial score (nSPS) is 15.4. The molecule has 0 radical (unpaired) electrons. The van der Waals surface area contributed by atoms with E-state index in [0.29, 0.717) is 5.56 Å². The van der Waals surface area contributed by atoms with E-state index in [-0.39, 0.29) is 42.1 Å². The highest BCUT2D eigenvalue weighted by atomic mass is 32.2. The summed E-state index contributed by atoms with van der Waals surface area (Å²) in [5.41, 5.74) is 2.23. The predicted octanol–water partition coefficient (Wildman–Crippen LogP) is 1.43. The molecular weight excluding hydrogens is 392 g/mol. The number of para-hydroxylation sites is 1. The minimum atomic E-state index is -3.60. The highest BCUT2D eigenvalue weighted by Crippen LogP contribution is 2.22. The van der Waals surface area contributed by atoms with Crippen LogP contribution in [0.2, 0.25) is 0 Å². The van der Waals surface area contributed by atoms with Crippen molar-refractivity contribution in [1.82, 2.24) is 10.0 Å². The van der Waals surface area contributed by atoms with Gasteiger partial charge >= 0.3 is 0 Å². The van der Waals surface area contributed by atoms with E-state index in [9.17, 15) is 18.0 Å². The lowest BCUT2D eigenvalue weighted by Gasteiger charge is -2.10. The lowest BCUT2D eigenvalue weighted by molar-refractivity contribution is -0.124. The molecule has 0 spiro atoms. The fourth-order valence-electron chi connectivity index (χ4n) is 2.93. The number of amides is 2. The van der Waals surface area contributed by atoms with Crippen molar-refractivity contribution >= 4 is 33.4 Å². The maximum atomic E-state index is 12.0. The zero-order valence-corrected chi connectivity index (χ0v) is 16.8. The quantitative estimate of drug-likeness (QED) is 0.635. The molecule has 0 unspecified atom stereocenters. The third-order valence-corrected chi connectivity index (χ3v) is 5.79. The molecule has 1 heterocycles. The largest absolute Gasteiger partial charge is 0.347 e. The number of nitrogens with zero attached hydrogens (tertiary/aromatic N) is 1. The van der Waals surface area contributed by atoms with Crippen molar-refractivity contribution in [2.75, 3.05) is 18.4 Å². The molecular formula is C20H22N4O4S. The molecule has 2 aromatic rings. The molecule has 1 aliphatic rings. The summed E-state index contributed by atoms with van der Waals surface area (Å²) < 4.78 is 26.4. The van der Waals surface area contributed by atoms with Gasteiger partial charge in [0, 0.05) is 17.7 Å². The summed E-state index contributed by atoms with van der Waals surface area (Å²) in [5.74, 6) is -0.437. The maximum absolute atomic E-state index is 12.0. The third-order valence-electron chi connectivity index (χ3n) is 4.39. The standard InChI is InChI=1S/C20H22N4O4S/c1-2-14-7-3-5-9-16(14)23-19(26)13-22-18(25)11-12-21-20-15-8-4-6-10-17(15)29(27,28)24-20/h3-10H,2,11-13H2,1H3,(H,21,24)(H,22,25)(H,23,26). The van der Waals surface area contributed by atoms with Crippen LogP contribution in [0.5, 0.6) is 0 Å². The third kappa shape index (κ3) is 5.00. The van der Waals surface area contributed by atoms with Crippen LogP contribution in [-0.2, 0) is 26.0 Å². The summed E-state index contributed by atoms with van der Waals surface area (Å²) in [7, 11) is -3.60. The van der Waals surface area contributed by atoms with Gasteiger partial charge in [0.1, 0.15) is 5.84 Å². The summed E-state index contributed by atoms with van der Waals surface area (Å²) in [6.07, 6.45) is 0.822. The van der Waals surface area contributed by atoms with Crippen LogP contribution in [0.15, 0.2) is 58.4 Å². The van der Waals surface area contributed by atoms with Crippen LogP contribution in [0.1, 0.15) is 24.5 Å². The van der Waals surface area contributed by atoms with Gasteiger partial charge in [-0.05, 0) is 30.2 Å². The van der Waals surface area contributed by atoms with Crippen LogP contribution in [0, 0.1) is 0 Å². The fraction of sp³-hybridized carbons (Fsp3) is 0.250. The average molecular weight is 414 g/mol. The second kappa shape index (κ2) is 8.87. The van der Waals surface area contributed by atoms with Gasteiger partial charge in [-0.1, -0.05) is 37.3 Å². The Morgan fingerprint density at radius 1 is 1.03 bits per heavy atom. The molecule has 0 bridgehead atoms. The number of aliphatic imine (C=N–C) groups is 1. The highest BCUT2D eigenvalue weighted by molar-refractivity contribution is 7.90. The molecule has 3 N–H and O–H groups in total.